The number of hydrogen-bond donors (Lipinski definition) is 3. The Labute approximate surface area is 121 Å². The highest BCUT2D eigenvalue weighted by Crippen LogP contribution is 2.24. The van der Waals surface area contributed by atoms with Crippen molar-refractivity contribution in [2.75, 3.05) is 0 Å². The molecule has 0 aromatic heterocycles. The third-order valence-corrected chi connectivity index (χ3v) is 3.85. The number of halogens is 1. The van der Waals surface area contributed by atoms with E-state index >= 15 is 0 Å². The molecular formula is C15H18FNO4. The topological polar surface area (TPSA) is 86.6 Å². The van der Waals surface area contributed by atoms with E-state index in [0.717, 1.165) is 25.3 Å². The predicted octanol–water partition coefficient (Wildman–Crippen LogP) is 2.29. The van der Waals surface area contributed by atoms with Crippen molar-refractivity contribution in [3.63, 3.8) is 0 Å². The highest BCUT2D eigenvalue weighted by atomic mass is 19.1. The third-order valence-electron chi connectivity index (χ3n) is 3.85. The number of benzene rings is 1. The Bertz CT molecular complexity index is 546. The van der Waals surface area contributed by atoms with E-state index < -0.39 is 29.7 Å². The predicted molar refractivity (Wildman–Crippen MR) is 73.5 cm³/mol. The Morgan fingerprint density at radius 1 is 1.19 bits per heavy atom. The molecule has 3 N–H and O–H groups in total. The lowest BCUT2D eigenvalue weighted by atomic mass is 9.94. The number of nitrogens with one attached hydrogen (secondary N) is 1. The molecule has 2 unspecified atom stereocenters. The van der Waals surface area contributed by atoms with Crippen molar-refractivity contribution < 1.29 is 24.2 Å². The van der Waals surface area contributed by atoms with Crippen molar-refractivity contribution >= 4 is 11.9 Å². The molecule has 0 spiro atoms. The molecule has 6 heteroatoms. The summed E-state index contributed by atoms with van der Waals surface area (Å²) < 4.78 is 13.7. The minimum atomic E-state index is -0.937. The fraction of sp³-hybridized carbons (Fsp3) is 0.467. The molecule has 0 heterocycles. The average Bonchev–Trinajstić information content (AvgIpc) is 2.63. The zero-order valence-electron chi connectivity index (χ0n) is 11.5. The summed E-state index contributed by atoms with van der Waals surface area (Å²) in [6.45, 7) is 0. The van der Waals surface area contributed by atoms with Gasteiger partial charge in [0.25, 0.3) is 5.91 Å². The molecular weight excluding hydrogens is 277 g/mol. The first-order chi connectivity index (χ1) is 9.99. The summed E-state index contributed by atoms with van der Waals surface area (Å²) in [6, 6.07) is 2.77. The van der Waals surface area contributed by atoms with E-state index in [9.17, 15) is 19.1 Å². The molecule has 0 radical (unpaired) electrons. The summed E-state index contributed by atoms with van der Waals surface area (Å²) >= 11 is 0. The van der Waals surface area contributed by atoms with Crippen molar-refractivity contribution in [1.82, 2.24) is 5.32 Å². The number of carbonyl (C=O) groups excluding carboxylic acids is 1. The summed E-state index contributed by atoms with van der Waals surface area (Å²) in [5.74, 6) is -3.31. The summed E-state index contributed by atoms with van der Waals surface area (Å²) in [6.07, 6.45) is 3.67. The van der Waals surface area contributed by atoms with E-state index in [2.05, 4.69) is 5.32 Å². The molecule has 1 aromatic rings. The van der Waals surface area contributed by atoms with E-state index in [4.69, 9.17) is 5.11 Å². The first-order valence-electron chi connectivity index (χ1n) is 7.01. The van der Waals surface area contributed by atoms with Crippen LogP contribution in [0.25, 0.3) is 0 Å². The number of aliphatic carboxylic acids is 1. The maximum Gasteiger partial charge on any atom is 0.308 e. The Kier molecular flexibility index (Phi) is 4.77. The largest absolute Gasteiger partial charge is 0.508 e. The van der Waals surface area contributed by atoms with E-state index in [0.29, 0.717) is 12.8 Å². The van der Waals surface area contributed by atoms with Crippen LogP contribution in [0, 0.1) is 11.7 Å². The highest BCUT2D eigenvalue weighted by molar-refractivity contribution is 5.95. The number of carboxylic acids is 1. The molecule has 2 atom stereocenters. The summed E-state index contributed by atoms with van der Waals surface area (Å²) in [5.41, 5.74) is -0.193. The molecule has 1 fully saturated rings. The van der Waals surface area contributed by atoms with E-state index in [1.54, 1.807) is 0 Å². The Morgan fingerprint density at radius 2 is 1.90 bits per heavy atom. The monoisotopic (exact) mass is 295 g/mol. The quantitative estimate of drug-likeness (QED) is 0.747. The van der Waals surface area contributed by atoms with Gasteiger partial charge in [-0.25, -0.2) is 4.39 Å². The van der Waals surface area contributed by atoms with Gasteiger partial charge in [0, 0.05) is 12.1 Å². The summed E-state index contributed by atoms with van der Waals surface area (Å²) in [4.78, 5) is 23.4. The number of hydrogen-bond acceptors (Lipinski definition) is 3. The van der Waals surface area contributed by atoms with Gasteiger partial charge in [-0.2, -0.15) is 0 Å². The SMILES string of the molecule is O=C(NC1CCCCCC1C(=O)O)c1ccc(O)cc1F. The lowest BCUT2D eigenvalue weighted by molar-refractivity contribution is -0.142. The van der Waals surface area contributed by atoms with Gasteiger partial charge in [0.05, 0.1) is 11.5 Å². The van der Waals surface area contributed by atoms with Gasteiger partial charge in [0.2, 0.25) is 0 Å². The van der Waals surface area contributed by atoms with Crippen molar-refractivity contribution in [2.24, 2.45) is 5.92 Å². The standard InChI is InChI=1S/C15H18FNO4/c16-12-8-9(18)6-7-10(12)14(19)17-13-5-3-1-2-4-11(13)15(20)21/h6-8,11,13,18H,1-5H2,(H,17,19)(H,20,21). The second-order valence-corrected chi connectivity index (χ2v) is 5.33. The molecule has 1 aromatic carbocycles. The van der Waals surface area contributed by atoms with Gasteiger partial charge in [-0.05, 0) is 25.0 Å². The van der Waals surface area contributed by atoms with Crippen LogP contribution in [-0.4, -0.2) is 28.1 Å². The lowest BCUT2D eigenvalue weighted by Gasteiger charge is -2.23. The number of phenols is 1. The van der Waals surface area contributed by atoms with Crippen molar-refractivity contribution in [1.29, 1.82) is 0 Å². The number of carboxylic acid groups (broad SMARTS) is 1. The summed E-state index contributed by atoms with van der Waals surface area (Å²) in [5, 5.41) is 21.0. The first-order valence-corrected chi connectivity index (χ1v) is 7.01. The second-order valence-electron chi connectivity index (χ2n) is 5.33. The summed E-state index contributed by atoms with van der Waals surface area (Å²) in [7, 11) is 0. The van der Waals surface area contributed by atoms with E-state index in [1.165, 1.54) is 12.1 Å². The molecule has 0 aliphatic heterocycles. The fourth-order valence-electron chi connectivity index (χ4n) is 2.71. The molecule has 1 saturated carbocycles. The number of aromatic hydroxyl groups is 1. The highest BCUT2D eigenvalue weighted by Gasteiger charge is 2.31. The van der Waals surface area contributed by atoms with Crippen molar-refractivity contribution in [2.45, 2.75) is 38.1 Å². The molecule has 21 heavy (non-hydrogen) atoms. The molecule has 1 aliphatic rings. The number of phenolic OH excluding ortho intramolecular Hbond substituents is 1. The molecule has 5 nitrogen and oxygen atoms in total. The smallest absolute Gasteiger partial charge is 0.308 e. The van der Waals surface area contributed by atoms with E-state index in [1.807, 2.05) is 0 Å². The maximum atomic E-state index is 13.7. The van der Waals surface area contributed by atoms with Crippen LogP contribution >= 0.6 is 0 Å². The Balaban J connectivity index is 2.14. The lowest BCUT2D eigenvalue weighted by Crippen LogP contribution is -2.43. The van der Waals surface area contributed by atoms with Crippen molar-refractivity contribution in [3.8, 4) is 5.75 Å². The second kappa shape index (κ2) is 6.56. The molecule has 0 bridgehead atoms. The van der Waals surface area contributed by atoms with Crippen molar-refractivity contribution in [3.05, 3.63) is 29.6 Å². The number of carbonyl (C=O) groups is 2. The molecule has 114 valence electrons. The zero-order valence-corrected chi connectivity index (χ0v) is 11.5. The van der Waals surface area contributed by atoms with Crippen LogP contribution in [0.2, 0.25) is 0 Å². The van der Waals surface area contributed by atoms with Gasteiger partial charge in [-0.1, -0.05) is 19.3 Å². The third kappa shape index (κ3) is 3.71. The zero-order chi connectivity index (χ0) is 15.4. The number of rotatable bonds is 3. The van der Waals surface area contributed by atoms with E-state index in [-0.39, 0.29) is 11.3 Å². The molecule has 2 rings (SSSR count). The minimum absolute atomic E-state index is 0.193. The van der Waals surface area contributed by atoms with Gasteiger partial charge in [0.15, 0.2) is 0 Å². The molecule has 1 aliphatic carbocycles. The maximum absolute atomic E-state index is 13.7. The van der Waals surface area contributed by atoms with Crippen LogP contribution < -0.4 is 5.32 Å². The molecule has 0 saturated heterocycles. The van der Waals surface area contributed by atoms with Gasteiger partial charge in [0.1, 0.15) is 11.6 Å². The van der Waals surface area contributed by atoms with Crippen LogP contribution in [-0.2, 0) is 4.79 Å². The number of amides is 1. The van der Waals surface area contributed by atoms with Gasteiger partial charge >= 0.3 is 5.97 Å². The minimum Gasteiger partial charge on any atom is -0.508 e. The fourth-order valence-corrected chi connectivity index (χ4v) is 2.71. The van der Waals surface area contributed by atoms with Gasteiger partial charge in [-0.3, -0.25) is 9.59 Å². The normalized spacial score (nSPS) is 22.3. The van der Waals surface area contributed by atoms with Crippen LogP contribution in [0.3, 0.4) is 0 Å². The van der Waals surface area contributed by atoms with Crippen LogP contribution in [0.15, 0.2) is 18.2 Å². The Morgan fingerprint density at radius 3 is 2.57 bits per heavy atom. The van der Waals surface area contributed by atoms with Crippen LogP contribution in [0.1, 0.15) is 42.5 Å². The van der Waals surface area contributed by atoms with Gasteiger partial charge in [-0.15, -0.1) is 0 Å². The first kappa shape index (κ1) is 15.3. The van der Waals surface area contributed by atoms with Crippen LogP contribution in [0.4, 0.5) is 4.39 Å². The van der Waals surface area contributed by atoms with Crippen LogP contribution in [0.5, 0.6) is 5.75 Å². The average molecular weight is 295 g/mol. The molecule has 1 amide bonds. The Hall–Kier alpha value is -2.11. The van der Waals surface area contributed by atoms with Gasteiger partial charge < -0.3 is 15.5 Å².